The van der Waals surface area contributed by atoms with Gasteiger partial charge in [0, 0.05) is 13.3 Å². The van der Waals surface area contributed by atoms with E-state index in [2.05, 4.69) is 18.8 Å². The SMILES string of the molecule is CCCCCC#C/C=C/[C@@H](C)OC(C)=O. The number of allylic oxidation sites excluding steroid dienone is 1. The van der Waals surface area contributed by atoms with Crippen LogP contribution in [-0.2, 0) is 9.53 Å². The summed E-state index contributed by atoms with van der Waals surface area (Å²) in [5, 5.41) is 0. The molecular weight excluding hydrogens is 188 g/mol. The van der Waals surface area contributed by atoms with E-state index in [9.17, 15) is 4.79 Å². The van der Waals surface area contributed by atoms with E-state index in [1.807, 2.05) is 6.92 Å². The summed E-state index contributed by atoms with van der Waals surface area (Å²) in [6.45, 7) is 5.39. The zero-order valence-electron chi connectivity index (χ0n) is 9.88. The Hall–Kier alpha value is -1.23. The molecule has 0 saturated heterocycles. The molecule has 0 rings (SSSR count). The largest absolute Gasteiger partial charge is 0.459 e. The zero-order chi connectivity index (χ0) is 11.5. The standard InChI is InChI=1S/C13H20O2/c1-4-5-6-7-8-9-10-11-12(2)15-13(3)14/h10-12H,4-7H2,1-3H3/b11-10+/t12-/m1/s1. The van der Waals surface area contributed by atoms with E-state index in [0.717, 1.165) is 12.8 Å². The van der Waals surface area contributed by atoms with Crippen molar-refractivity contribution in [2.75, 3.05) is 0 Å². The quantitative estimate of drug-likeness (QED) is 0.394. The predicted molar refractivity (Wildman–Crippen MR) is 62.3 cm³/mol. The Balaban J connectivity index is 3.63. The Kier molecular flexibility index (Phi) is 8.56. The molecular formula is C13H20O2. The number of carbonyl (C=O) groups excluding carboxylic acids is 1. The molecule has 0 aromatic rings. The van der Waals surface area contributed by atoms with Gasteiger partial charge in [-0.2, -0.15) is 0 Å². The molecule has 84 valence electrons. The highest BCUT2D eigenvalue weighted by Gasteiger charge is 1.97. The Labute approximate surface area is 92.7 Å². The van der Waals surface area contributed by atoms with E-state index in [-0.39, 0.29) is 12.1 Å². The summed E-state index contributed by atoms with van der Waals surface area (Å²) in [7, 11) is 0. The molecule has 0 aliphatic rings. The van der Waals surface area contributed by atoms with Crippen LogP contribution in [0.3, 0.4) is 0 Å². The molecule has 2 nitrogen and oxygen atoms in total. The number of hydrogen-bond donors (Lipinski definition) is 0. The first-order valence-corrected chi connectivity index (χ1v) is 5.49. The summed E-state index contributed by atoms with van der Waals surface area (Å²) in [5.74, 6) is 5.72. The summed E-state index contributed by atoms with van der Waals surface area (Å²) >= 11 is 0. The molecule has 0 fully saturated rings. The molecule has 0 aromatic carbocycles. The Morgan fingerprint density at radius 1 is 1.47 bits per heavy atom. The zero-order valence-corrected chi connectivity index (χ0v) is 9.88. The van der Waals surface area contributed by atoms with Crippen molar-refractivity contribution in [3.63, 3.8) is 0 Å². The van der Waals surface area contributed by atoms with Crippen LogP contribution < -0.4 is 0 Å². The van der Waals surface area contributed by atoms with Crippen LogP contribution in [0.5, 0.6) is 0 Å². The lowest BCUT2D eigenvalue weighted by Crippen LogP contribution is -2.08. The van der Waals surface area contributed by atoms with E-state index in [1.54, 1.807) is 12.2 Å². The maximum absolute atomic E-state index is 10.6. The van der Waals surface area contributed by atoms with Gasteiger partial charge in [0.2, 0.25) is 0 Å². The third-order valence-electron chi connectivity index (χ3n) is 1.81. The Morgan fingerprint density at radius 3 is 2.80 bits per heavy atom. The van der Waals surface area contributed by atoms with Crippen molar-refractivity contribution in [3.8, 4) is 11.8 Å². The average Bonchev–Trinajstić information content (AvgIpc) is 2.15. The second-order valence-corrected chi connectivity index (χ2v) is 3.45. The number of hydrogen-bond acceptors (Lipinski definition) is 2. The van der Waals surface area contributed by atoms with Gasteiger partial charge in [0.15, 0.2) is 0 Å². The third kappa shape index (κ3) is 10.7. The molecule has 0 spiro atoms. The lowest BCUT2D eigenvalue weighted by molar-refractivity contribution is -0.143. The maximum Gasteiger partial charge on any atom is 0.303 e. The van der Waals surface area contributed by atoms with E-state index >= 15 is 0 Å². The first kappa shape index (κ1) is 13.8. The van der Waals surface area contributed by atoms with Gasteiger partial charge in [0.25, 0.3) is 0 Å². The van der Waals surface area contributed by atoms with Crippen molar-refractivity contribution in [2.45, 2.75) is 52.6 Å². The minimum atomic E-state index is -0.261. The van der Waals surface area contributed by atoms with Crippen LogP contribution in [-0.4, -0.2) is 12.1 Å². The van der Waals surface area contributed by atoms with Crippen molar-refractivity contribution in [1.29, 1.82) is 0 Å². The molecule has 0 aromatic heterocycles. The highest BCUT2D eigenvalue weighted by atomic mass is 16.5. The average molecular weight is 208 g/mol. The van der Waals surface area contributed by atoms with Crippen LogP contribution in [0.15, 0.2) is 12.2 Å². The van der Waals surface area contributed by atoms with Crippen molar-refractivity contribution in [2.24, 2.45) is 0 Å². The minimum absolute atomic E-state index is 0.188. The molecule has 1 atom stereocenters. The van der Waals surface area contributed by atoms with Gasteiger partial charge in [0.1, 0.15) is 6.10 Å². The van der Waals surface area contributed by atoms with Gasteiger partial charge >= 0.3 is 5.97 Å². The molecule has 0 N–H and O–H groups in total. The highest BCUT2D eigenvalue weighted by Crippen LogP contribution is 1.97. The van der Waals surface area contributed by atoms with E-state index in [4.69, 9.17) is 4.74 Å². The van der Waals surface area contributed by atoms with E-state index < -0.39 is 0 Å². The van der Waals surface area contributed by atoms with Crippen LogP contribution in [0.4, 0.5) is 0 Å². The summed E-state index contributed by atoms with van der Waals surface area (Å²) < 4.78 is 4.90. The summed E-state index contributed by atoms with van der Waals surface area (Å²) in [4.78, 5) is 10.6. The van der Waals surface area contributed by atoms with Crippen LogP contribution in [0, 0.1) is 11.8 Å². The monoisotopic (exact) mass is 208 g/mol. The molecule has 0 radical (unpaired) electrons. The van der Waals surface area contributed by atoms with Crippen LogP contribution in [0.2, 0.25) is 0 Å². The molecule has 0 heterocycles. The van der Waals surface area contributed by atoms with Crippen molar-refractivity contribution < 1.29 is 9.53 Å². The molecule has 15 heavy (non-hydrogen) atoms. The molecule has 2 heteroatoms. The maximum atomic E-state index is 10.6. The van der Waals surface area contributed by atoms with Crippen molar-refractivity contribution in [1.82, 2.24) is 0 Å². The van der Waals surface area contributed by atoms with Crippen molar-refractivity contribution >= 4 is 5.97 Å². The molecule has 0 amide bonds. The third-order valence-corrected chi connectivity index (χ3v) is 1.81. The predicted octanol–water partition coefficient (Wildman–Crippen LogP) is 3.08. The fourth-order valence-electron chi connectivity index (χ4n) is 1.08. The lowest BCUT2D eigenvalue weighted by Gasteiger charge is -2.04. The fraction of sp³-hybridized carbons (Fsp3) is 0.615. The van der Waals surface area contributed by atoms with Crippen molar-refractivity contribution in [3.05, 3.63) is 12.2 Å². The Morgan fingerprint density at radius 2 is 2.20 bits per heavy atom. The normalized spacial score (nSPS) is 11.9. The topological polar surface area (TPSA) is 26.3 Å². The van der Waals surface area contributed by atoms with E-state index in [1.165, 1.54) is 19.8 Å². The molecule has 0 saturated carbocycles. The number of rotatable bonds is 5. The van der Waals surface area contributed by atoms with Crippen LogP contribution >= 0.6 is 0 Å². The number of ether oxygens (including phenoxy) is 1. The number of carbonyl (C=O) groups is 1. The minimum Gasteiger partial charge on any atom is -0.459 e. The number of esters is 1. The van der Waals surface area contributed by atoms with Crippen LogP contribution in [0.1, 0.15) is 46.5 Å². The van der Waals surface area contributed by atoms with Gasteiger partial charge in [-0.05, 0) is 25.5 Å². The van der Waals surface area contributed by atoms with Gasteiger partial charge in [-0.1, -0.05) is 31.6 Å². The molecule has 0 bridgehead atoms. The lowest BCUT2D eigenvalue weighted by atomic mass is 10.2. The smallest absolute Gasteiger partial charge is 0.303 e. The second-order valence-electron chi connectivity index (χ2n) is 3.45. The second kappa shape index (κ2) is 9.33. The van der Waals surface area contributed by atoms with Gasteiger partial charge in [-0.15, -0.1) is 0 Å². The number of unbranched alkanes of at least 4 members (excludes halogenated alkanes) is 3. The van der Waals surface area contributed by atoms with Gasteiger partial charge in [0.05, 0.1) is 0 Å². The van der Waals surface area contributed by atoms with Crippen LogP contribution in [0.25, 0.3) is 0 Å². The van der Waals surface area contributed by atoms with E-state index in [0.29, 0.717) is 0 Å². The van der Waals surface area contributed by atoms with Gasteiger partial charge < -0.3 is 4.74 Å². The first-order chi connectivity index (χ1) is 7.16. The summed E-state index contributed by atoms with van der Waals surface area (Å²) in [5.41, 5.74) is 0. The first-order valence-electron chi connectivity index (χ1n) is 5.49. The highest BCUT2D eigenvalue weighted by molar-refractivity contribution is 5.66. The van der Waals surface area contributed by atoms with Gasteiger partial charge in [-0.3, -0.25) is 4.79 Å². The van der Waals surface area contributed by atoms with Gasteiger partial charge in [-0.25, -0.2) is 0 Å². The Bertz CT molecular complexity index is 255. The molecule has 0 aliphatic heterocycles. The summed E-state index contributed by atoms with van der Waals surface area (Å²) in [6.07, 6.45) is 7.92. The fourth-order valence-corrected chi connectivity index (χ4v) is 1.08. The molecule has 0 aliphatic carbocycles. The summed E-state index contributed by atoms with van der Waals surface area (Å²) in [6, 6.07) is 0. The molecule has 0 unspecified atom stereocenters.